The molecule has 1 aromatic heterocycles. The summed E-state index contributed by atoms with van der Waals surface area (Å²) in [6.45, 7) is 8.61. The predicted molar refractivity (Wildman–Crippen MR) is 73.5 cm³/mol. The van der Waals surface area contributed by atoms with E-state index in [9.17, 15) is 0 Å². The van der Waals surface area contributed by atoms with Gasteiger partial charge in [-0.1, -0.05) is 0 Å². The fourth-order valence-electron chi connectivity index (χ4n) is 2.30. The summed E-state index contributed by atoms with van der Waals surface area (Å²) in [6, 6.07) is 2.79. The molecule has 0 aromatic carbocycles. The number of fused-ring (bicyclic) bond motifs is 1. The molecule has 2 nitrogen and oxygen atoms in total. The zero-order valence-electron chi connectivity index (χ0n) is 10.2. The zero-order valence-corrected chi connectivity index (χ0v) is 11.8. The van der Waals surface area contributed by atoms with Crippen LogP contribution in [0.3, 0.4) is 0 Å². The molecule has 0 bridgehead atoms. The third-order valence-electron chi connectivity index (χ3n) is 3.01. The Bertz CT molecular complexity index is 343. The molecule has 1 aliphatic rings. The van der Waals surface area contributed by atoms with Crippen LogP contribution in [0.1, 0.15) is 37.3 Å². The molecule has 1 aliphatic heterocycles. The topological polar surface area (TPSA) is 29.3 Å². The fourth-order valence-corrected chi connectivity index (χ4v) is 3.26. The first-order valence-corrected chi connectivity index (χ1v) is 6.44. The third kappa shape index (κ3) is 2.98. The van der Waals surface area contributed by atoms with E-state index in [2.05, 4.69) is 37.1 Å². The molecule has 0 saturated heterocycles. The molecule has 92 valence electrons. The first kappa shape index (κ1) is 14.0. The molecule has 0 radical (unpaired) electrons. The van der Waals surface area contributed by atoms with Crippen molar-refractivity contribution in [2.24, 2.45) is 5.73 Å². The van der Waals surface area contributed by atoms with E-state index in [4.69, 9.17) is 5.73 Å². The molecule has 1 aromatic rings. The van der Waals surface area contributed by atoms with Gasteiger partial charge in [0.2, 0.25) is 0 Å². The molecule has 0 aliphatic carbocycles. The lowest BCUT2D eigenvalue weighted by atomic mass is 9.98. The lowest BCUT2D eigenvalue weighted by molar-refractivity contribution is 0.165. The summed E-state index contributed by atoms with van der Waals surface area (Å²) in [7, 11) is 0. The van der Waals surface area contributed by atoms with E-state index in [1.807, 2.05) is 11.3 Å². The van der Waals surface area contributed by atoms with Gasteiger partial charge in [-0.25, -0.2) is 0 Å². The monoisotopic (exact) mass is 260 g/mol. The highest BCUT2D eigenvalue weighted by molar-refractivity contribution is 7.10. The van der Waals surface area contributed by atoms with Gasteiger partial charge in [0.1, 0.15) is 0 Å². The average Bonchev–Trinajstić information content (AvgIpc) is 2.56. The molecule has 1 unspecified atom stereocenters. The Hall–Kier alpha value is -0.0900. The Labute approximate surface area is 108 Å². The molecule has 2 N–H and O–H groups in total. The van der Waals surface area contributed by atoms with Crippen molar-refractivity contribution in [1.82, 2.24) is 4.90 Å². The van der Waals surface area contributed by atoms with Gasteiger partial charge in [-0.3, -0.25) is 4.90 Å². The van der Waals surface area contributed by atoms with Crippen LogP contribution in [0, 0.1) is 0 Å². The van der Waals surface area contributed by atoms with Crippen LogP contribution >= 0.6 is 23.7 Å². The van der Waals surface area contributed by atoms with E-state index in [1.54, 1.807) is 4.88 Å². The average molecular weight is 261 g/mol. The second-order valence-electron chi connectivity index (χ2n) is 5.18. The first-order valence-electron chi connectivity index (χ1n) is 5.56. The SMILES string of the molecule is CC1c2ccsc2CCN1CC(C)(C)N.Cl. The van der Waals surface area contributed by atoms with E-state index in [0.717, 1.165) is 13.1 Å². The zero-order chi connectivity index (χ0) is 11.1. The summed E-state index contributed by atoms with van der Waals surface area (Å²) in [5.74, 6) is 0. The quantitative estimate of drug-likeness (QED) is 0.886. The van der Waals surface area contributed by atoms with Gasteiger partial charge >= 0.3 is 0 Å². The number of nitrogens with two attached hydrogens (primary N) is 1. The molecule has 0 saturated carbocycles. The maximum absolute atomic E-state index is 6.08. The normalized spacial score (nSPS) is 21.4. The molecular weight excluding hydrogens is 240 g/mol. The highest BCUT2D eigenvalue weighted by atomic mass is 35.5. The van der Waals surface area contributed by atoms with Crippen molar-refractivity contribution in [2.75, 3.05) is 13.1 Å². The summed E-state index contributed by atoms with van der Waals surface area (Å²) >= 11 is 1.89. The van der Waals surface area contributed by atoms with Crippen molar-refractivity contribution in [3.05, 3.63) is 21.9 Å². The molecular formula is C12H21ClN2S. The van der Waals surface area contributed by atoms with Crippen LogP contribution in [0.25, 0.3) is 0 Å². The summed E-state index contributed by atoms with van der Waals surface area (Å²) in [5.41, 5.74) is 7.50. The van der Waals surface area contributed by atoms with Gasteiger partial charge in [0.15, 0.2) is 0 Å². The number of hydrogen-bond donors (Lipinski definition) is 1. The predicted octanol–water partition coefficient (Wildman–Crippen LogP) is 2.83. The highest BCUT2D eigenvalue weighted by Gasteiger charge is 2.27. The van der Waals surface area contributed by atoms with Gasteiger partial charge in [-0.2, -0.15) is 0 Å². The molecule has 0 amide bonds. The highest BCUT2D eigenvalue weighted by Crippen LogP contribution is 2.33. The maximum Gasteiger partial charge on any atom is 0.0331 e. The van der Waals surface area contributed by atoms with E-state index in [0.29, 0.717) is 6.04 Å². The molecule has 2 heterocycles. The molecule has 4 heteroatoms. The van der Waals surface area contributed by atoms with Gasteiger partial charge in [-0.05, 0) is 44.2 Å². The van der Waals surface area contributed by atoms with Crippen molar-refractivity contribution >= 4 is 23.7 Å². The second kappa shape index (κ2) is 5.05. The van der Waals surface area contributed by atoms with Crippen LogP contribution in [-0.2, 0) is 6.42 Å². The Morgan fingerprint density at radius 2 is 2.25 bits per heavy atom. The van der Waals surface area contributed by atoms with Crippen LogP contribution in [-0.4, -0.2) is 23.5 Å². The first-order chi connectivity index (χ1) is 6.97. The molecule has 0 fully saturated rings. The van der Waals surface area contributed by atoms with Gasteiger partial charge < -0.3 is 5.73 Å². The maximum atomic E-state index is 6.08. The van der Waals surface area contributed by atoms with Gasteiger partial charge in [0.25, 0.3) is 0 Å². The Kier molecular flexibility index (Phi) is 4.41. The minimum absolute atomic E-state index is 0. The largest absolute Gasteiger partial charge is 0.324 e. The van der Waals surface area contributed by atoms with Crippen molar-refractivity contribution < 1.29 is 0 Å². The fraction of sp³-hybridized carbons (Fsp3) is 0.667. The van der Waals surface area contributed by atoms with Crippen LogP contribution in [0.15, 0.2) is 11.4 Å². The molecule has 2 rings (SSSR count). The Morgan fingerprint density at radius 1 is 1.56 bits per heavy atom. The van der Waals surface area contributed by atoms with Crippen LogP contribution in [0.4, 0.5) is 0 Å². The van der Waals surface area contributed by atoms with Gasteiger partial charge in [-0.15, -0.1) is 23.7 Å². The third-order valence-corrected chi connectivity index (χ3v) is 4.01. The van der Waals surface area contributed by atoms with Crippen molar-refractivity contribution in [3.63, 3.8) is 0 Å². The summed E-state index contributed by atoms with van der Waals surface area (Å²) in [5, 5.41) is 2.21. The summed E-state index contributed by atoms with van der Waals surface area (Å²) in [6.07, 6.45) is 1.19. The van der Waals surface area contributed by atoms with Crippen LogP contribution < -0.4 is 5.73 Å². The minimum atomic E-state index is -0.0955. The summed E-state index contributed by atoms with van der Waals surface area (Å²) in [4.78, 5) is 4.06. The number of hydrogen-bond acceptors (Lipinski definition) is 3. The molecule has 0 spiro atoms. The Balaban J connectivity index is 0.00000128. The number of nitrogens with zero attached hydrogens (tertiary/aromatic N) is 1. The van der Waals surface area contributed by atoms with Crippen molar-refractivity contribution in [3.8, 4) is 0 Å². The number of halogens is 1. The van der Waals surface area contributed by atoms with E-state index >= 15 is 0 Å². The van der Waals surface area contributed by atoms with Crippen LogP contribution in [0.2, 0.25) is 0 Å². The van der Waals surface area contributed by atoms with Gasteiger partial charge in [0.05, 0.1) is 0 Å². The summed E-state index contributed by atoms with van der Waals surface area (Å²) < 4.78 is 0. The van der Waals surface area contributed by atoms with E-state index < -0.39 is 0 Å². The lowest BCUT2D eigenvalue weighted by Gasteiger charge is -2.37. The molecule has 16 heavy (non-hydrogen) atoms. The Morgan fingerprint density at radius 3 is 2.88 bits per heavy atom. The lowest BCUT2D eigenvalue weighted by Crippen LogP contribution is -2.47. The van der Waals surface area contributed by atoms with Gasteiger partial charge in [0, 0.05) is 29.5 Å². The van der Waals surface area contributed by atoms with Crippen LogP contribution in [0.5, 0.6) is 0 Å². The molecule has 1 atom stereocenters. The number of thiophene rings is 1. The smallest absolute Gasteiger partial charge is 0.0331 e. The van der Waals surface area contributed by atoms with Crippen molar-refractivity contribution in [1.29, 1.82) is 0 Å². The van der Waals surface area contributed by atoms with E-state index in [-0.39, 0.29) is 17.9 Å². The van der Waals surface area contributed by atoms with Crippen molar-refractivity contribution in [2.45, 2.75) is 38.8 Å². The van der Waals surface area contributed by atoms with E-state index in [1.165, 1.54) is 12.0 Å². The standard InChI is InChI=1S/C12H20N2S.ClH/c1-9-10-5-7-15-11(10)4-6-14(9)8-12(2,3)13;/h5,7,9H,4,6,8,13H2,1-3H3;1H. The second-order valence-corrected chi connectivity index (χ2v) is 6.18. The minimum Gasteiger partial charge on any atom is -0.324 e. The number of rotatable bonds is 2.